The summed E-state index contributed by atoms with van der Waals surface area (Å²) in [4.78, 5) is 23.8. The van der Waals surface area contributed by atoms with Gasteiger partial charge in [-0.3, -0.25) is 4.98 Å². The Labute approximate surface area is 238 Å². The second-order valence-electron chi connectivity index (χ2n) is 10.9. The standard InChI is InChI=1S/C31H31Cl2N3O3/c1-30(2,3)39-29(37)36-17-9-12-22(19-36)31(38,25-13-7-8-16-34-25)21-14-15-24-23(18-21)27(32)26(28(33)35-24)20-10-5-4-6-11-20/h4-8,10-11,13-16,18,22,38H,9,12,17,19H2,1-3H3. The van der Waals surface area contributed by atoms with Gasteiger partial charge in [-0.05, 0) is 69.0 Å². The Kier molecular flexibility index (Phi) is 7.55. The molecule has 3 heterocycles. The topological polar surface area (TPSA) is 75.5 Å². The smallest absolute Gasteiger partial charge is 0.410 e. The van der Waals surface area contributed by atoms with Crippen molar-refractivity contribution in [3.05, 3.63) is 94.4 Å². The highest BCUT2D eigenvalue weighted by molar-refractivity contribution is 6.42. The van der Waals surface area contributed by atoms with Crippen LogP contribution in [0.4, 0.5) is 4.79 Å². The molecule has 0 aliphatic carbocycles. The van der Waals surface area contributed by atoms with Gasteiger partial charge in [0.05, 0.1) is 16.2 Å². The molecule has 2 unspecified atom stereocenters. The van der Waals surface area contributed by atoms with Crippen LogP contribution in [0.3, 0.4) is 0 Å². The van der Waals surface area contributed by atoms with E-state index in [-0.39, 0.29) is 12.0 Å². The largest absolute Gasteiger partial charge is 0.444 e. The number of aliphatic hydroxyl groups is 1. The Hall–Kier alpha value is -3.19. The van der Waals surface area contributed by atoms with Crippen molar-refractivity contribution in [3.8, 4) is 11.1 Å². The lowest BCUT2D eigenvalue weighted by Crippen LogP contribution is -2.50. The summed E-state index contributed by atoms with van der Waals surface area (Å²) >= 11 is 13.5. The minimum atomic E-state index is -1.49. The SMILES string of the molecule is CC(C)(C)OC(=O)N1CCCC(C(O)(c2ccc3nc(Cl)c(-c4ccccc4)c(Cl)c3c2)c2ccccn2)C1. The summed E-state index contributed by atoms with van der Waals surface area (Å²) in [6, 6.07) is 20.6. The summed E-state index contributed by atoms with van der Waals surface area (Å²) in [6.07, 6.45) is 2.70. The zero-order chi connectivity index (χ0) is 27.8. The third-order valence-corrected chi connectivity index (χ3v) is 7.77. The fourth-order valence-electron chi connectivity index (χ4n) is 5.28. The Bertz CT molecular complexity index is 1490. The van der Waals surface area contributed by atoms with Crippen LogP contribution >= 0.6 is 23.2 Å². The van der Waals surface area contributed by atoms with Crippen molar-refractivity contribution in [2.75, 3.05) is 13.1 Å². The number of carbonyl (C=O) groups is 1. The lowest BCUT2D eigenvalue weighted by molar-refractivity contribution is -0.0323. The van der Waals surface area contributed by atoms with Gasteiger partial charge >= 0.3 is 6.09 Å². The molecule has 2 aromatic heterocycles. The number of likely N-dealkylation sites (tertiary alicyclic amines) is 1. The first-order valence-corrected chi connectivity index (χ1v) is 13.8. The Morgan fingerprint density at radius 2 is 1.79 bits per heavy atom. The maximum absolute atomic E-state index is 13.0. The number of rotatable bonds is 4. The highest BCUT2D eigenvalue weighted by atomic mass is 35.5. The number of amides is 1. The van der Waals surface area contributed by atoms with Gasteiger partial charge in [-0.25, -0.2) is 9.78 Å². The summed E-state index contributed by atoms with van der Waals surface area (Å²) in [7, 11) is 0. The molecule has 2 aromatic carbocycles. The number of hydrogen-bond acceptors (Lipinski definition) is 5. The van der Waals surface area contributed by atoms with Gasteiger partial charge < -0.3 is 14.7 Å². The van der Waals surface area contributed by atoms with E-state index < -0.39 is 11.2 Å². The Morgan fingerprint density at radius 1 is 1.05 bits per heavy atom. The van der Waals surface area contributed by atoms with Crippen molar-refractivity contribution in [3.63, 3.8) is 0 Å². The average molecular weight is 565 g/mol. The lowest BCUT2D eigenvalue weighted by atomic mass is 9.74. The van der Waals surface area contributed by atoms with Gasteiger partial charge in [0.1, 0.15) is 16.4 Å². The number of fused-ring (bicyclic) bond motifs is 1. The van der Waals surface area contributed by atoms with Crippen molar-refractivity contribution in [1.29, 1.82) is 0 Å². The first kappa shape index (κ1) is 27.4. The molecule has 1 aliphatic heterocycles. The molecule has 0 spiro atoms. The molecule has 1 N–H and O–H groups in total. The van der Waals surface area contributed by atoms with Gasteiger partial charge in [0.15, 0.2) is 0 Å². The van der Waals surface area contributed by atoms with Gasteiger partial charge in [0.25, 0.3) is 0 Å². The summed E-state index contributed by atoms with van der Waals surface area (Å²) < 4.78 is 5.64. The van der Waals surface area contributed by atoms with Crippen LogP contribution in [-0.2, 0) is 10.3 Å². The van der Waals surface area contributed by atoms with E-state index in [1.54, 1.807) is 11.1 Å². The van der Waals surface area contributed by atoms with Crippen LogP contribution in [0, 0.1) is 5.92 Å². The summed E-state index contributed by atoms with van der Waals surface area (Å²) in [5, 5.41) is 14.0. The van der Waals surface area contributed by atoms with Crippen molar-refractivity contribution < 1.29 is 14.6 Å². The van der Waals surface area contributed by atoms with Crippen molar-refractivity contribution in [2.24, 2.45) is 5.92 Å². The number of ether oxygens (including phenoxy) is 1. The van der Waals surface area contributed by atoms with Gasteiger partial charge in [-0.2, -0.15) is 0 Å². The second kappa shape index (κ2) is 10.8. The first-order chi connectivity index (χ1) is 18.6. The fourth-order valence-corrected chi connectivity index (χ4v) is 5.97. The molecule has 2 atom stereocenters. The quantitative estimate of drug-likeness (QED) is 0.260. The average Bonchev–Trinajstić information content (AvgIpc) is 2.93. The minimum absolute atomic E-state index is 0.312. The van der Waals surface area contributed by atoms with Crippen LogP contribution in [0.25, 0.3) is 22.0 Å². The molecule has 6 nitrogen and oxygen atoms in total. The van der Waals surface area contributed by atoms with Crippen LogP contribution in [-0.4, -0.2) is 44.8 Å². The Balaban J connectivity index is 1.62. The van der Waals surface area contributed by atoms with E-state index in [1.165, 1.54) is 0 Å². The van der Waals surface area contributed by atoms with Crippen LogP contribution in [0.2, 0.25) is 10.2 Å². The maximum atomic E-state index is 13.0. The molecule has 0 radical (unpaired) electrons. The first-order valence-electron chi connectivity index (χ1n) is 13.0. The van der Waals surface area contributed by atoms with E-state index in [2.05, 4.69) is 9.97 Å². The predicted octanol–water partition coefficient (Wildman–Crippen LogP) is 7.49. The van der Waals surface area contributed by atoms with Crippen LogP contribution < -0.4 is 0 Å². The monoisotopic (exact) mass is 563 g/mol. The van der Waals surface area contributed by atoms with Crippen molar-refractivity contribution >= 4 is 40.2 Å². The summed E-state index contributed by atoms with van der Waals surface area (Å²) in [5.74, 6) is -0.334. The zero-order valence-electron chi connectivity index (χ0n) is 22.2. The normalized spacial score (nSPS) is 17.6. The van der Waals surface area contributed by atoms with Crippen LogP contribution in [0.5, 0.6) is 0 Å². The number of benzene rings is 2. The number of halogens is 2. The van der Waals surface area contributed by atoms with Crippen LogP contribution in [0.1, 0.15) is 44.9 Å². The molecule has 1 amide bonds. The molecule has 1 saturated heterocycles. The number of aromatic nitrogens is 2. The fraction of sp³-hybridized carbons (Fsp3) is 0.323. The van der Waals surface area contributed by atoms with Gasteiger partial charge in [0, 0.05) is 36.2 Å². The highest BCUT2D eigenvalue weighted by Crippen LogP contribution is 2.44. The molecule has 4 aromatic rings. The summed E-state index contributed by atoms with van der Waals surface area (Å²) in [6.45, 7) is 6.43. The van der Waals surface area contributed by atoms with Gasteiger partial charge in [-0.15, -0.1) is 0 Å². The number of piperidine rings is 1. The molecular formula is C31H31Cl2N3O3. The molecule has 202 valence electrons. The molecule has 0 bridgehead atoms. The predicted molar refractivity (Wildman–Crippen MR) is 155 cm³/mol. The number of carbonyl (C=O) groups excluding carboxylic acids is 1. The molecule has 1 aliphatic rings. The van der Waals surface area contributed by atoms with E-state index in [4.69, 9.17) is 27.9 Å². The zero-order valence-corrected chi connectivity index (χ0v) is 23.7. The number of nitrogens with zero attached hydrogens (tertiary/aromatic N) is 3. The maximum Gasteiger partial charge on any atom is 0.410 e. The molecule has 39 heavy (non-hydrogen) atoms. The highest BCUT2D eigenvalue weighted by Gasteiger charge is 2.44. The number of hydrogen-bond donors (Lipinski definition) is 1. The minimum Gasteiger partial charge on any atom is -0.444 e. The second-order valence-corrected chi connectivity index (χ2v) is 11.7. The molecular weight excluding hydrogens is 533 g/mol. The van der Waals surface area contributed by atoms with E-state index in [0.29, 0.717) is 57.4 Å². The summed E-state index contributed by atoms with van der Waals surface area (Å²) in [5.41, 5.74) is 1.13. The van der Waals surface area contributed by atoms with E-state index in [9.17, 15) is 9.90 Å². The third kappa shape index (κ3) is 5.46. The van der Waals surface area contributed by atoms with Crippen molar-refractivity contribution in [1.82, 2.24) is 14.9 Å². The van der Waals surface area contributed by atoms with Gasteiger partial charge in [0.2, 0.25) is 0 Å². The van der Waals surface area contributed by atoms with E-state index in [0.717, 1.165) is 12.0 Å². The van der Waals surface area contributed by atoms with E-state index in [1.807, 2.05) is 87.5 Å². The van der Waals surface area contributed by atoms with Crippen molar-refractivity contribution in [2.45, 2.75) is 44.8 Å². The van der Waals surface area contributed by atoms with Crippen LogP contribution in [0.15, 0.2) is 72.9 Å². The third-order valence-electron chi connectivity index (χ3n) is 7.10. The molecule has 0 saturated carbocycles. The van der Waals surface area contributed by atoms with E-state index >= 15 is 0 Å². The molecule has 8 heteroatoms. The lowest BCUT2D eigenvalue weighted by Gasteiger charge is -2.42. The number of pyridine rings is 2. The Morgan fingerprint density at radius 3 is 2.49 bits per heavy atom. The molecule has 1 fully saturated rings. The molecule has 5 rings (SSSR count). The van der Waals surface area contributed by atoms with Gasteiger partial charge in [-0.1, -0.05) is 65.7 Å².